The third-order valence-electron chi connectivity index (χ3n) is 2.11. The number of hydrogen-bond donors (Lipinski definition) is 1. The minimum atomic E-state index is -0.595. The van der Waals surface area contributed by atoms with E-state index in [-0.39, 0.29) is 19.7 Å². The number of carbonyl (C=O) groups excluding carboxylic acids is 3. The van der Waals surface area contributed by atoms with Crippen LogP contribution in [0.3, 0.4) is 0 Å². The largest absolute Gasteiger partial charge is 0.307 e. The summed E-state index contributed by atoms with van der Waals surface area (Å²) in [5.41, 5.74) is 0. The van der Waals surface area contributed by atoms with Crippen LogP contribution in [-0.4, -0.2) is 28.7 Å². The highest BCUT2D eigenvalue weighted by molar-refractivity contribution is 6.01. The lowest BCUT2D eigenvalue weighted by Crippen LogP contribution is -2.51. The average molecular weight is 198 g/mol. The molecule has 0 aromatic rings. The summed E-state index contributed by atoms with van der Waals surface area (Å²) in [5, 5.41) is 2.18. The second-order valence-corrected chi connectivity index (χ2v) is 3.08. The minimum Gasteiger partial charge on any atom is -0.307 e. The molecule has 0 spiro atoms. The lowest BCUT2D eigenvalue weighted by Gasteiger charge is -2.29. The van der Waals surface area contributed by atoms with Gasteiger partial charge in [0.1, 0.15) is 6.04 Å². The van der Waals surface area contributed by atoms with Crippen molar-refractivity contribution in [2.75, 3.05) is 0 Å². The molecule has 1 N–H and O–H groups in total. The van der Waals surface area contributed by atoms with Crippen molar-refractivity contribution >= 4 is 17.7 Å². The number of rotatable bonds is 2. The number of nitrogens with zero attached hydrogens (tertiary/aromatic N) is 1. The number of amides is 3. The van der Waals surface area contributed by atoms with Gasteiger partial charge in [-0.25, -0.2) is 0 Å². The molecule has 0 bridgehead atoms. The highest BCUT2D eigenvalue weighted by Gasteiger charge is 2.31. The van der Waals surface area contributed by atoms with E-state index in [0.717, 1.165) is 0 Å². The maximum Gasteiger partial charge on any atom is 0.249 e. The monoisotopic (exact) mass is 198 g/mol. The van der Waals surface area contributed by atoms with E-state index in [0.29, 0.717) is 6.42 Å². The van der Waals surface area contributed by atoms with E-state index in [2.05, 4.69) is 11.9 Å². The third kappa shape index (κ3) is 1.99. The predicted molar refractivity (Wildman–Crippen MR) is 51.0 cm³/mol. The maximum atomic E-state index is 11.3. The van der Waals surface area contributed by atoms with Crippen LogP contribution >= 0.6 is 0 Å². The number of hydrogen-bond acceptors (Lipinski definition) is 3. The molecule has 1 unspecified atom stereocenters. The Labute approximate surface area is 83.2 Å². The van der Waals surface area contributed by atoms with E-state index in [9.17, 15) is 14.4 Å². The van der Waals surface area contributed by atoms with Gasteiger partial charge in [0.25, 0.3) is 0 Å². The van der Waals surface area contributed by atoms with Gasteiger partial charge in [-0.3, -0.25) is 19.7 Å². The fourth-order valence-corrected chi connectivity index (χ4v) is 1.42. The second-order valence-electron chi connectivity index (χ2n) is 3.08. The van der Waals surface area contributed by atoms with Crippen LogP contribution in [0.15, 0.2) is 12.8 Å². The first-order valence-corrected chi connectivity index (χ1v) is 4.31. The fourth-order valence-electron chi connectivity index (χ4n) is 1.42. The van der Waals surface area contributed by atoms with Gasteiger partial charge in [0.2, 0.25) is 17.7 Å². The molecule has 1 atom stereocenters. The number of piperidine rings is 1. The number of nitrogens with one attached hydrogen (secondary N) is 1. The molecule has 78 valence electrons. The van der Waals surface area contributed by atoms with Gasteiger partial charge in [-0.1, -0.05) is 6.58 Å². The molecule has 1 fully saturated rings. The summed E-state index contributed by atoms with van der Waals surface area (Å²) in [6, 6.07) is -0.595. The van der Waals surface area contributed by atoms with Gasteiger partial charge in [-0.05, 0) is 6.42 Å². The van der Waals surface area contributed by atoms with E-state index in [1.807, 2.05) is 0 Å². The molecule has 0 saturated carbocycles. The quantitative estimate of drug-likeness (QED) is 0.636. The van der Waals surface area contributed by atoms with Gasteiger partial charge in [-0.15, -0.1) is 0 Å². The molecule has 1 heterocycles. The van der Waals surface area contributed by atoms with Gasteiger partial charge >= 0.3 is 0 Å². The van der Waals surface area contributed by atoms with E-state index in [4.69, 9.17) is 0 Å². The van der Waals surface area contributed by atoms with Crippen LogP contribution in [0.1, 0.15) is 21.2 Å². The van der Waals surface area contributed by atoms with Crippen molar-refractivity contribution in [3.8, 4) is 0 Å². The lowest BCUT2D eigenvalue weighted by atomic mass is 10.0. The Kier molecular flexibility index (Phi) is 3.01. The number of carbonyl (C=O) groups is 3. The summed E-state index contributed by atoms with van der Waals surface area (Å²) >= 11 is 0. The molecule has 0 aromatic heterocycles. The van der Waals surface area contributed by atoms with Crippen LogP contribution < -0.4 is 5.32 Å². The van der Waals surface area contributed by atoms with Crippen molar-refractivity contribution in [2.45, 2.75) is 25.8 Å². The molecular weight excluding hydrogens is 184 g/mol. The zero-order valence-corrected chi connectivity index (χ0v) is 7.95. The molecule has 0 aromatic carbocycles. The molecule has 5 heteroatoms. The van der Waals surface area contributed by atoms with Crippen molar-refractivity contribution < 1.29 is 15.8 Å². The molecule has 0 radical (unpaired) electrons. The topological polar surface area (TPSA) is 66.5 Å². The smallest absolute Gasteiger partial charge is 0.249 e. The zero-order valence-electron chi connectivity index (χ0n) is 7.95. The van der Waals surface area contributed by atoms with Crippen LogP contribution in [0, 0.1) is 0 Å². The van der Waals surface area contributed by atoms with Crippen LogP contribution in [0.2, 0.25) is 0 Å². The summed E-state index contributed by atoms with van der Waals surface area (Å²) < 4.78 is 0. The van der Waals surface area contributed by atoms with E-state index in [1.54, 1.807) is 0 Å². The molecule has 0 aliphatic carbocycles. The Morgan fingerprint density at radius 3 is 2.79 bits per heavy atom. The van der Waals surface area contributed by atoms with Crippen LogP contribution in [0.4, 0.5) is 0 Å². The Morgan fingerprint density at radius 2 is 2.36 bits per heavy atom. The summed E-state index contributed by atoms with van der Waals surface area (Å²) in [5.74, 6) is -0.982. The summed E-state index contributed by atoms with van der Waals surface area (Å²) in [6.45, 7) is 4.80. The first kappa shape index (κ1) is 10.4. The fraction of sp³-hybridized carbons (Fsp3) is 0.444. The molecular formula is C9H14N2O3. The van der Waals surface area contributed by atoms with Crippen LogP contribution in [-0.2, 0) is 14.4 Å². The van der Waals surface area contributed by atoms with E-state index < -0.39 is 11.9 Å². The standard InChI is InChI=1S/C9H12N2O3.H2/c1-3-11(6(2)12)7-4-5-8(13)10-9(7)14;/h3,7H,1,4-5H2,2H3,(H,10,13,14);1H. The van der Waals surface area contributed by atoms with Gasteiger partial charge in [-0.2, -0.15) is 0 Å². The second kappa shape index (κ2) is 4.04. The van der Waals surface area contributed by atoms with Gasteiger partial charge < -0.3 is 4.90 Å². The molecule has 3 amide bonds. The summed E-state index contributed by atoms with van der Waals surface area (Å²) in [6.07, 6.45) is 1.92. The van der Waals surface area contributed by atoms with Gasteiger partial charge in [0.15, 0.2) is 0 Å². The van der Waals surface area contributed by atoms with Gasteiger partial charge in [0, 0.05) is 21.0 Å². The first-order valence-electron chi connectivity index (χ1n) is 4.31. The SMILES string of the molecule is C=CN(C(C)=O)C1CCC(=O)NC1=O.[HH]. The molecule has 14 heavy (non-hydrogen) atoms. The van der Waals surface area contributed by atoms with Crippen LogP contribution in [0.25, 0.3) is 0 Å². The maximum absolute atomic E-state index is 11.3. The third-order valence-corrected chi connectivity index (χ3v) is 2.11. The molecule has 1 saturated heterocycles. The van der Waals surface area contributed by atoms with Crippen molar-refractivity contribution in [3.63, 3.8) is 0 Å². The normalized spacial score (nSPS) is 21.4. The Hall–Kier alpha value is -1.65. The highest BCUT2D eigenvalue weighted by atomic mass is 16.2. The van der Waals surface area contributed by atoms with E-state index >= 15 is 0 Å². The predicted octanol–water partition coefficient (Wildman–Crippen LogP) is 0.0296. The summed E-state index contributed by atoms with van der Waals surface area (Å²) in [7, 11) is 0. The minimum absolute atomic E-state index is 0. The molecule has 1 rings (SSSR count). The van der Waals surface area contributed by atoms with Gasteiger partial charge in [0.05, 0.1) is 0 Å². The lowest BCUT2D eigenvalue weighted by molar-refractivity contribution is -0.142. The summed E-state index contributed by atoms with van der Waals surface area (Å²) in [4.78, 5) is 34.5. The average Bonchev–Trinajstić information content (AvgIpc) is 2.09. The van der Waals surface area contributed by atoms with Crippen molar-refractivity contribution in [1.82, 2.24) is 10.2 Å². The van der Waals surface area contributed by atoms with Crippen LogP contribution in [0.5, 0.6) is 0 Å². The Morgan fingerprint density at radius 1 is 1.71 bits per heavy atom. The molecule has 1 aliphatic heterocycles. The Bertz CT molecular complexity index is 304. The highest BCUT2D eigenvalue weighted by Crippen LogP contribution is 2.12. The van der Waals surface area contributed by atoms with Crippen molar-refractivity contribution in [3.05, 3.63) is 12.8 Å². The zero-order chi connectivity index (χ0) is 10.7. The Balaban J connectivity index is 0.00000196. The molecule has 1 aliphatic rings. The van der Waals surface area contributed by atoms with E-state index in [1.165, 1.54) is 18.0 Å². The number of imide groups is 1. The van der Waals surface area contributed by atoms with Crippen molar-refractivity contribution in [1.29, 1.82) is 0 Å². The van der Waals surface area contributed by atoms with Crippen molar-refractivity contribution in [2.24, 2.45) is 0 Å². The molecule has 5 nitrogen and oxygen atoms in total. The first-order chi connectivity index (χ1) is 6.56.